The fourth-order valence-corrected chi connectivity index (χ4v) is 4.67. The highest BCUT2D eigenvalue weighted by molar-refractivity contribution is 7.98. The summed E-state index contributed by atoms with van der Waals surface area (Å²) < 4.78 is 5.93. The second-order valence-corrected chi connectivity index (χ2v) is 10.2. The quantitative estimate of drug-likeness (QED) is 0.459. The largest absolute Gasteiger partial charge is 0.412 e. The molecule has 3 aliphatic rings. The van der Waals surface area contributed by atoms with Crippen LogP contribution >= 0.6 is 23.5 Å². The van der Waals surface area contributed by atoms with Gasteiger partial charge in [-0.05, 0) is 75.4 Å². The summed E-state index contributed by atoms with van der Waals surface area (Å²) in [5.74, 6) is 1.69. The molecular formula is C24H50N2O6S2. The van der Waals surface area contributed by atoms with E-state index >= 15 is 0 Å². The molecular weight excluding hydrogens is 476 g/mol. The number of carbonyl (C=O) groups is 3. The highest BCUT2D eigenvalue weighted by Crippen LogP contribution is 2.34. The molecule has 1 saturated heterocycles. The lowest BCUT2D eigenvalue weighted by Gasteiger charge is -2.32. The summed E-state index contributed by atoms with van der Waals surface area (Å²) in [6.07, 6.45) is 15.0. The lowest BCUT2D eigenvalue weighted by molar-refractivity contribution is -0.126. The van der Waals surface area contributed by atoms with Crippen molar-refractivity contribution < 1.29 is 29.7 Å². The number of rotatable bonds is 7. The van der Waals surface area contributed by atoms with E-state index in [4.69, 9.17) is 15.6 Å². The Bertz CT molecular complexity index is 552. The Morgan fingerprint density at radius 2 is 1.59 bits per heavy atom. The molecule has 3 rings (SSSR count). The average Bonchev–Trinajstić information content (AvgIpc) is 3.06. The highest BCUT2D eigenvalue weighted by atomic mass is 32.2. The molecule has 0 aromatic heterocycles. The van der Waals surface area contributed by atoms with Gasteiger partial charge in [0.05, 0.1) is 0 Å². The molecule has 0 aromatic rings. The maximum atomic E-state index is 11.7. The van der Waals surface area contributed by atoms with E-state index < -0.39 is 12.0 Å². The minimum atomic E-state index is -0.961. The van der Waals surface area contributed by atoms with E-state index in [1.807, 2.05) is 6.26 Å². The number of thioether (sulfide) groups is 2. The van der Waals surface area contributed by atoms with Crippen LogP contribution in [0.1, 0.15) is 91.9 Å². The van der Waals surface area contributed by atoms with Gasteiger partial charge in [-0.15, -0.1) is 0 Å². The van der Waals surface area contributed by atoms with Crippen LogP contribution in [0.3, 0.4) is 0 Å². The highest BCUT2D eigenvalue weighted by Gasteiger charge is 2.45. The SMILES string of the molecule is C.C.CSCCC(O)C(N)=O.CSCCC1OC2(CCCCC2)NC1=O.O.O=C1CCCCC1. The van der Waals surface area contributed by atoms with Gasteiger partial charge in [0.1, 0.15) is 23.7 Å². The van der Waals surface area contributed by atoms with E-state index in [9.17, 15) is 14.4 Å². The number of nitrogens with two attached hydrogens (primary N) is 1. The van der Waals surface area contributed by atoms with Crippen LogP contribution in [0.2, 0.25) is 0 Å². The molecule has 2 aliphatic carbocycles. The minimum absolute atomic E-state index is 0. The van der Waals surface area contributed by atoms with Crippen molar-refractivity contribution in [3.05, 3.63) is 0 Å². The molecule has 6 N–H and O–H groups in total. The molecule has 8 nitrogen and oxygen atoms in total. The first-order valence-corrected chi connectivity index (χ1v) is 14.1. The van der Waals surface area contributed by atoms with E-state index in [0.29, 0.717) is 12.2 Å². The summed E-state index contributed by atoms with van der Waals surface area (Å²) in [6, 6.07) is 0. The molecule has 3 fully saturated rings. The topological polar surface area (TPSA) is 150 Å². The molecule has 34 heavy (non-hydrogen) atoms. The third-order valence-corrected chi connectivity index (χ3v) is 6.88. The first-order valence-electron chi connectivity index (χ1n) is 11.3. The van der Waals surface area contributed by atoms with E-state index in [-0.39, 0.29) is 38.1 Å². The van der Waals surface area contributed by atoms with Crippen LogP contribution in [0.15, 0.2) is 0 Å². The number of aliphatic hydroxyl groups excluding tert-OH is 1. The van der Waals surface area contributed by atoms with E-state index in [2.05, 4.69) is 11.6 Å². The summed E-state index contributed by atoms with van der Waals surface area (Å²) in [5.41, 5.74) is 4.49. The molecule has 2 saturated carbocycles. The molecule has 1 spiro atoms. The van der Waals surface area contributed by atoms with Crippen molar-refractivity contribution in [3.63, 3.8) is 0 Å². The zero-order chi connectivity index (χ0) is 23.1. The number of ketones is 1. The molecule has 2 atom stereocenters. The van der Waals surface area contributed by atoms with Crippen LogP contribution in [-0.4, -0.2) is 70.1 Å². The standard InChI is InChI=1S/C11H19NO2S.C6H10O.C5H11NO2S.2CH4.H2O/c1-15-8-5-9-10(13)12-11(14-9)6-3-2-4-7-11;7-6-4-2-1-3-5-6;1-9-3-2-4(7)5(6)8;;;/h9H,2-8H2,1H3,(H,12,13);1-5H2;4,7H,2-3H2,1H3,(H2,6,8);2*1H4;1H2. The third kappa shape index (κ3) is 15.2. The number of nitrogens with one attached hydrogen (secondary N) is 1. The number of Topliss-reactive ketones (excluding diaryl/α,β-unsaturated/α-hetero) is 1. The van der Waals surface area contributed by atoms with Gasteiger partial charge in [-0.2, -0.15) is 23.5 Å². The first-order chi connectivity index (χ1) is 14.8. The number of primary amides is 1. The van der Waals surface area contributed by atoms with E-state index in [1.54, 1.807) is 23.5 Å². The van der Waals surface area contributed by atoms with Crippen molar-refractivity contribution in [3.8, 4) is 0 Å². The molecule has 2 amide bonds. The normalized spacial score (nSPS) is 21.1. The van der Waals surface area contributed by atoms with Crippen LogP contribution in [0.25, 0.3) is 0 Å². The summed E-state index contributed by atoms with van der Waals surface area (Å²) in [7, 11) is 0. The predicted molar refractivity (Wildman–Crippen MR) is 145 cm³/mol. The molecule has 204 valence electrons. The Hall–Kier alpha value is -0.810. The Morgan fingerprint density at radius 1 is 1.06 bits per heavy atom. The van der Waals surface area contributed by atoms with Crippen LogP contribution < -0.4 is 11.1 Å². The van der Waals surface area contributed by atoms with Crippen molar-refractivity contribution in [1.82, 2.24) is 5.32 Å². The predicted octanol–water partition coefficient (Wildman–Crippen LogP) is 3.47. The smallest absolute Gasteiger partial charge is 0.251 e. The lowest BCUT2D eigenvalue weighted by atomic mass is 9.92. The van der Waals surface area contributed by atoms with Crippen LogP contribution in [0.4, 0.5) is 0 Å². The molecule has 1 aliphatic heterocycles. The number of hydrogen-bond donors (Lipinski definition) is 3. The van der Waals surface area contributed by atoms with Gasteiger partial charge in [0.2, 0.25) is 5.91 Å². The lowest BCUT2D eigenvalue weighted by Crippen LogP contribution is -2.44. The van der Waals surface area contributed by atoms with Crippen LogP contribution in [-0.2, 0) is 19.1 Å². The van der Waals surface area contributed by atoms with Crippen LogP contribution in [0.5, 0.6) is 0 Å². The summed E-state index contributed by atoms with van der Waals surface area (Å²) >= 11 is 3.35. The number of amides is 2. The fourth-order valence-electron chi connectivity index (χ4n) is 3.76. The van der Waals surface area contributed by atoms with Crippen molar-refractivity contribution in [2.24, 2.45) is 5.73 Å². The number of carbonyl (C=O) groups excluding carboxylic acids is 3. The molecule has 10 heteroatoms. The zero-order valence-corrected chi connectivity index (χ0v) is 21.2. The zero-order valence-electron chi connectivity index (χ0n) is 19.5. The molecule has 2 unspecified atom stereocenters. The second-order valence-electron chi connectivity index (χ2n) is 8.23. The Morgan fingerprint density at radius 3 is 2.03 bits per heavy atom. The number of ether oxygens (including phenoxy) is 1. The average molecular weight is 527 g/mol. The molecule has 1 heterocycles. The van der Waals surface area contributed by atoms with Gasteiger partial charge in [-0.3, -0.25) is 14.4 Å². The summed E-state index contributed by atoms with van der Waals surface area (Å²) in [5, 5.41) is 11.8. The Kier molecular flexibility index (Phi) is 23.8. The van der Waals surface area contributed by atoms with Gasteiger partial charge in [0, 0.05) is 12.8 Å². The molecule has 0 aromatic carbocycles. The van der Waals surface area contributed by atoms with Crippen molar-refractivity contribution in [2.75, 3.05) is 24.0 Å². The van der Waals surface area contributed by atoms with Crippen molar-refractivity contribution >= 4 is 41.1 Å². The Labute approximate surface area is 215 Å². The fraction of sp³-hybridized carbons (Fsp3) is 0.875. The van der Waals surface area contributed by atoms with Gasteiger partial charge >= 0.3 is 0 Å². The van der Waals surface area contributed by atoms with Gasteiger partial charge in [0.25, 0.3) is 5.91 Å². The van der Waals surface area contributed by atoms with Gasteiger partial charge in [0.15, 0.2) is 0 Å². The molecule has 0 radical (unpaired) electrons. The van der Waals surface area contributed by atoms with Crippen molar-refractivity contribution in [1.29, 1.82) is 0 Å². The number of hydrogen-bond acceptors (Lipinski definition) is 7. The van der Waals surface area contributed by atoms with Gasteiger partial charge in [-0.1, -0.05) is 27.7 Å². The van der Waals surface area contributed by atoms with E-state index in [0.717, 1.165) is 56.5 Å². The van der Waals surface area contributed by atoms with E-state index in [1.165, 1.54) is 25.7 Å². The minimum Gasteiger partial charge on any atom is -0.412 e. The maximum Gasteiger partial charge on any atom is 0.251 e. The van der Waals surface area contributed by atoms with Crippen molar-refractivity contribution in [2.45, 2.75) is 110 Å². The number of aliphatic hydroxyl groups is 1. The Balaban J connectivity index is -0.000000441. The summed E-state index contributed by atoms with van der Waals surface area (Å²) in [6.45, 7) is 0. The summed E-state index contributed by atoms with van der Waals surface area (Å²) in [4.78, 5) is 32.3. The monoisotopic (exact) mass is 526 g/mol. The maximum absolute atomic E-state index is 11.7. The van der Waals surface area contributed by atoms with Gasteiger partial charge in [-0.25, -0.2) is 0 Å². The van der Waals surface area contributed by atoms with Crippen LogP contribution in [0, 0.1) is 0 Å². The molecule has 0 bridgehead atoms. The first kappa shape index (κ1) is 37.7. The van der Waals surface area contributed by atoms with Gasteiger partial charge < -0.3 is 26.4 Å². The third-order valence-electron chi connectivity index (χ3n) is 5.59. The second kappa shape index (κ2) is 21.5.